The van der Waals surface area contributed by atoms with Gasteiger partial charge in [0.1, 0.15) is 12.2 Å². The molecule has 2 aliphatic rings. The Labute approximate surface area is 261 Å². The molecule has 2 saturated heterocycles. The largest absolute Gasteiger partial charge is 0.457 e. The van der Waals surface area contributed by atoms with E-state index in [1.807, 2.05) is 47.6 Å². The minimum Gasteiger partial charge on any atom is -0.457 e. The molecule has 238 valence electrons. The number of rotatable bonds is 6. The Bertz CT molecular complexity index is 1460. The van der Waals surface area contributed by atoms with Gasteiger partial charge in [-0.1, -0.05) is 11.8 Å². The van der Waals surface area contributed by atoms with E-state index in [4.69, 9.17) is 14.2 Å². The van der Waals surface area contributed by atoms with E-state index in [-0.39, 0.29) is 24.2 Å². The van der Waals surface area contributed by atoms with Gasteiger partial charge in [-0.2, -0.15) is 0 Å². The van der Waals surface area contributed by atoms with Crippen molar-refractivity contribution in [3.8, 4) is 11.8 Å². The van der Waals surface area contributed by atoms with Gasteiger partial charge in [-0.3, -0.25) is 4.79 Å². The van der Waals surface area contributed by atoms with Crippen LogP contribution in [0.15, 0.2) is 23.0 Å². The van der Waals surface area contributed by atoms with Crippen molar-refractivity contribution in [1.29, 1.82) is 0 Å². The van der Waals surface area contributed by atoms with Gasteiger partial charge in [0, 0.05) is 61.8 Å². The number of H-pyrrole nitrogens is 1. The highest BCUT2D eigenvalue weighted by atomic mass is 16.6. The molecule has 3 heterocycles. The molecule has 9 nitrogen and oxygen atoms in total. The number of hydrogen-bond acceptors (Lipinski definition) is 7. The zero-order chi connectivity index (χ0) is 32.0. The summed E-state index contributed by atoms with van der Waals surface area (Å²) in [6.07, 6.45) is 3.05. The van der Waals surface area contributed by atoms with Gasteiger partial charge in [0.25, 0.3) is 5.56 Å². The van der Waals surface area contributed by atoms with Crippen molar-refractivity contribution in [2.24, 2.45) is 5.92 Å². The molecule has 1 aromatic heterocycles. The molecular weight excluding hydrogens is 558 g/mol. The third kappa shape index (κ3) is 8.44. The summed E-state index contributed by atoms with van der Waals surface area (Å²) in [4.78, 5) is 45.4. The molecular formula is C35H47N3O6. The Morgan fingerprint density at radius 1 is 1.07 bits per heavy atom. The van der Waals surface area contributed by atoms with Crippen LogP contribution in [0.2, 0.25) is 0 Å². The van der Waals surface area contributed by atoms with Gasteiger partial charge in [0.2, 0.25) is 0 Å². The molecule has 1 amide bonds. The molecule has 4 rings (SSSR count). The second kappa shape index (κ2) is 14.3. The third-order valence-electron chi connectivity index (χ3n) is 8.29. The Balaban J connectivity index is 1.59. The standard InChI is InChI=1S/C35H47N3O6/c1-8-38(28-13-17-42-18-14-28)31-21-27(10-9-26-11-15-37(16-12-26)34(41)44-35(5,6)7)20-29(25(31)4)33(40)43-22-30-23(2)19-24(3)36-32(30)39/h19-21,26,28H,8,11-18,22H2,1-7H3,(H,36,39). The van der Waals surface area contributed by atoms with Crippen molar-refractivity contribution in [2.45, 2.75) is 92.4 Å². The predicted octanol–water partition coefficient (Wildman–Crippen LogP) is 5.66. The first kappa shape index (κ1) is 33.1. The van der Waals surface area contributed by atoms with Gasteiger partial charge in [-0.15, -0.1) is 0 Å². The van der Waals surface area contributed by atoms with Crippen LogP contribution in [0.25, 0.3) is 0 Å². The molecule has 2 aromatic rings. The predicted molar refractivity (Wildman–Crippen MR) is 171 cm³/mol. The SMILES string of the molecule is CCN(c1cc(C#CC2CCN(C(=O)OC(C)(C)C)CC2)cc(C(=O)OCc2c(C)cc(C)[nH]c2=O)c1C)C1CCOCC1. The van der Waals surface area contributed by atoms with Crippen LogP contribution in [0.3, 0.4) is 0 Å². The van der Waals surface area contributed by atoms with Gasteiger partial charge in [-0.25, -0.2) is 9.59 Å². The number of pyridine rings is 1. The summed E-state index contributed by atoms with van der Waals surface area (Å²) in [5, 5.41) is 0. The number of carbonyl (C=O) groups is 2. The molecule has 0 saturated carbocycles. The van der Waals surface area contributed by atoms with Gasteiger partial charge >= 0.3 is 12.1 Å². The lowest BCUT2D eigenvalue weighted by Crippen LogP contribution is -2.41. The van der Waals surface area contributed by atoms with Gasteiger partial charge < -0.3 is 29.0 Å². The van der Waals surface area contributed by atoms with Crippen LogP contribution in [0.1, 0.15) is 91.7 Å². The minimum absolute atomic E-state index is 0.112. The maximum atomic E-state index is 13.6. The molecule has 0 atom stereocenters. The highest BCUT2D eigenvalue weighted by Gasteiger charge is 2.27. The molecule has 0 bridgehead atoms. The highest BCUT2D eigenvalue weighted by Crippen LogP contribution is 2.31. The maximum Gasteiger partial charge on any atom is 0.410 e. The quantitative estimate of drug-likeness (QED) is 0.335. The first-order valence-electron chi connectivity index (χ1n) is 15.7. The summed E-state index contributed by atoms with van der Waals surface area (Å²) >= 11 is 0. The molecule has 0 unspecified atom stereocenters. The molecule has 9 heteroatoms. The van der Waals surface area contributed by atoms with Crippen molar-refractivity contribution >= 4 is 17.7 Å². The number of piperidine rings is 1. The summed E-state index contributed by atoms with van der Waals surface area (Å²) in [5.74, 6) is 6.39. The Morgan fingerprint density at radius 2 is 1.75 bits per heavy atom. The maximum absolute atomic E-state index is 13.6. The number of anilines is 1. The number of benzene rings is 1. The first-order valence-corrected chi connectivity index (χ1v) is 15.7. The Kier molecular flexibility index (Phi) is 10.8. The topological polar surface area (TPSA) is 101 Å². The second-order valence-corrected chi connectivity index (χ2v) is 12.8. The normalized spacial score (nSPS) is 16.2. The number of nitrogens with one attached hydrogen (secondary N) is 1. The fraction of sp³-hybridized carbons (Fsp3) is 0.571. The Morgan fingerprint density at radius 3 is 2.36 bits per heavy atom. The van der Waals surface area contributed by atoms with Crippen LogP contribution < -0.4 is 10.5 Å². The molecule has 1 aromatic carbocycles. The van der Waals surface area contributed by atoms with Crippen LogP contribution in [-0.2, 0) is 20.8 Å². The zero-order valence-corrected chi connectivity index (χ0v) is 27.3. The van der Waals surface area contributed by atoms with Crippen molar-refractivity contribution < 1.29 is 23.8 Å². The fourth-order valence-corrected chi connectivity index (χ4v) is 5.90. The number of aromatic nitrogens is 1. The number of esters is 1. The van der Waals surface area contributed by atoms with Crippen LogP contribution in [-0.4, -0.2) is 66.4 Å². The smallest absolute Gasteiger partial charge is 0.410 e. The molecule has 0 spiro atoms. The van der Waals surface area contributed by atoms with E-state index in [1.165, 1.54) is 0 Å². The van der Waals surface area contributed by atoms with E-state index in [0.29, 0.717) is 43.5 Å². The summed E-state index contributed by atoms with van der Waals surface area (Å²) in [7, 11) is 0. The fourth-order valence-electron chi connectivity index (χ4n) is 5.90. The number of hydrogen-bond donors (Lipinski definition) is 1. The van der Waals surface area contributed by atoms with Gasteiger partial charge in [-0.05, 0) is 103 Å². The number of nitrogens with zero attached hydrogens (tertiary/aromatic N) is 2. The van der Waals surface area contributed by atoms with E-state index in [9.17, 15) is 14.4 Å². The number of carbonyl (C=O) groups excluding carboxylic acids is 2. The number of likely N-dealkylation sites (tertiary alicyclic amines) is 1. The second-order valence-electron chi connectivity index (χ2n) is 12.8. The van der Waals surface area contributed by atoms with Crippen molar-refractivity contribution in [3.63, 3.8) is 0 Å². The molecule has 0 aliphatic carbocycles. The monoisotopic (exact) mass is 605 g/mol. The lowest BCUT2D eigenvalue weighted by atomic mass is 9.96. The highest BCUT2D eigenvalue weighted by molar-refractivity contribution is 5.93. The molecule has 44 heavy (non-hydrogen) atoms. The third-order valence-corrected chi connectivity index (χ3v) is 8.29. The summed E-state index contributed by atoms with van der Waals surface area (Å²) < 4.78 is 16.9. The van der Waals surface area contributed by atoms with Crippen LogP contribution in [0.5, 0.6) is 0 Å². The van der Waals surface area contributed by atoms with Gasteiger partial charge in [0.15, 0.2) is 0 Å². The average molecular weight is 606 g/mol. The summed E-state index contributed by atoms with van der Waals surface area (Å²) in [5.41, 5.74) is 4.18. The van der Waals surface area contributed by atoms with Crippen molar-refractivity contribution in [1.82, 2.24) is 9.88 Å². The van der Waals surface area contributed by atoms with E-state index >= 15 is 0 Å². The first-order chi connectivity index (χ1) is 20.9. The van der Waals surface area contributed by atoms with Crippen LogP contribution in [0.4, 0.5) is 10.5 Å². The van der Waals surface area contributed by atoms with Crippen LogP contribution in [0, 0.1) is 38.5 Å². The summed E-state index contributed by atoms with van der Waals surface area (Å²) in [6.45, 7) is 16.6. The number of aryl methyl sites for hydroxylation is 2. The summed E-state index contributed by atoms with van der Waals surface area (Å²) in [6, 6.07) is 6.04. The average Bonchev–Trinajstić information content (AvgIpc) is 2.97. The minimum atomic E-state index is -0.526. The number of amides is 1. The molecule has 1 N–H and O–H groups in total. The molecule has 2 aliphatic heterocycles. The van der Waals surface area contributed by atoms with Gasteiger partial charge in [0.05, 0.1) is 11.1 Å². The van der Waals surface area contributed by atoms with Crippen molar-refractivity contribution in [2.75, 3.05) is 37.7 Å². The lowest BCUT2D eigenvalue weighted by molar-refractivity contribution is 0.0199. The van der Waals surface area contributed by atoms with E-state index in [0.717, 1.165) is 60.3 Å². The van der Waals surface area contributed by atoms with E-state index in [2.05, 4.69) is 34.7 Å². The molecule has 2 fully saturated rings. The Hall–Kier alpha value is -3.77. The zero-order valence-electron chi connectivity index (χ0n) is 27.3. The molecule has 0 radical (unpaired) electrons. The van der Waals surface area contributed by atoms with E-state index < -0.39 is 11.6 Å². The van der Waals surface area contributed by atoms with Crippen LogP contribution >= 0.6 is 0 Å². The number of aromatic amines is 1. The van der Waals surface area contributed by atoms with Crippen molar-refractivity contribution in [3.05, 3.63) is 62.1 Å². The lowest BCUT2D eigenvalue weighted by Gasteiger charge is -2.36. The number of ether oxygens (including phenoxy) is 3. The van der Waals surface area contributed by atoms with E-state index in [1.54, 1.807) is 11.0 Å².